The van der Waals surface area contributed by atoms with Crippen molar-refractivity contribution in [2.75, 3.05) is 6.54 Å². The van der Waals surface area contributed by atoms with Crippen LogP contribution in [0.3, 0.4) is 0 Å². The molecule has 1 aromatic heterocycles. The summed E-state index contributed by atoms with van der Waals surface area (Å²) in [6.07, 6.45) is 2.38. The van der Waals surface area contributed by atoms with E-state index >= 15 is 0 Å². The average molecular weight is 258 g/mol. The molecule has 1 fully saturated rings. The number of hydrogen-bond acceptors (Lipinski definition) is 3. The largest absolute Gasteiger partial charge is 0.391 e. The van der Waals surface area contributed by atoms with Gasteiger partial charge in [-0.15, -0.1) is 0 Å². The maximum Gasteiger partial charge on any atom is 0.0848 e. The highest BCUT2D eigenvalue weighted by molar-refractivity contribution is 6.31. The van der Waals surface area contributed by atoms with E-state index in [1.165, 1.54) is 0 Å². The van der Waals surface area contributed by atoms with Crippen LogP contribution >= 0.6 is 11.6 Å². The van der Waals surface area contributed by atoms with Gasteiger partial charge < -0.3 is 10.4 Å². The molecule has 0 bridgehead atoms. The number of aliphatic hydroxyl groups is 1. The summed E-state index contributed by atoms with van der Waals surface area (Å²) < 4.78 is 1.88. The van der Waals surface area contributed by atoms with Crippen LogP contribution in [0, 0.1) is 6.92 Å². The Kier molecular flexibility index (Phi) is 4.07. The lowest BCUT2D eigenvalue weighted by atomic mass is 10.0. The van der Waals surface area contributed by atoms with Crippen molar-refractivity contribution in [2.45, 2.75) is 51.8 Å². The zero-order valence-electron chi connectivity index (χ0n) is 10.4. The third kappa shape index (κ3) is 2.64. The lowest BCUT2D eigenvalue weighted by Crippen LogP contribution is -2.36. The van der Waals surface area contributed by atoms with Crippen molar-refractivity contribution in [2.24, 2.45) is 0 Å². The van der Waals surface area contributed by atoms with Gasteiger partial charge in [0, 0.05) is 19.0 Å². The summed E-state index contributed by atoms with van der Waals surface area (Å²) in [6, 6.07) is 0.201. The van der Waals surface area contributed by atoms with Gasteiger partial charge in [-0.05, 0) is 33.2 Å². The summed E-state index contributed by atoms with van der Waals surface area (Å²) in [7, 11) is 0. The molecule has 0 aliphatic carbocycles. The SMILES string of the molecule is CCn1nc(C)c(Cl)c1CC(O)C1CCCN1. The molecule has 2 atom stereocenters. The molecule has 96 valence electrons. The predicted octanol–water partition coefficient (Wildman–Crippen LogP) is 1.52. The van der Waals surface area contributed by atoms with Crippen molar-refractivity contribution in [3.8, 4) is 0 Å². The van der Waals surface area contributed by atoms with Crippen molar-refractivity contribution in [1.82, 2.24) is 15.1 Å². The molecule has 2 rings (SSSR count). The molecule has 5 heteroatoms. The molecule has 0 radical (unpaired) electrons. The normalized spacial score (nSPS) is 22.0. The van der Waals surface area contributed by atoms with E-state index in [9.17, 15) is 5.11 Å². The van der Waals surface area contributed by atoms with Gasteiger partial charge in [0.05, 0.1) is 22.5 Å². The second-order valence-electron chi connectivity index (χ2n) is 4.64. The molecule has 2 unspecified atom stereocenters. The van der Waals surface area contributed by atoms with E-state index in [0.29, 0.717) is 11.4 Å². The summed E-state index contributed by atoms with van der Waals surface area (Å²) in [6.45, 7) is 5.72. The van der Waals surface area contributed by atoms with Crippen LogP contribution in [0.2, 0.25) is 5.02 Å². The van der Waals surface area contributed by atoms with Gasteiger partial charge in [0.2, 0.25) is 0 Å². The summed E-state index contributed by atoms with van der Waals surface area (Å²) in [5, 5.41) is 18.6. The van der Waals surface area contributed by atoms with E-state index in [1.807, 2.05) is 18.5 Å². The van der Waals surface area contributed by atoms with Gasteiger partial charge in [0.1, 0.15) is 0 Å². The molecule has 0 saturated carbocycles. The highest BCUT2D eigenvalue weighted by Gasteiger charge is 2.25. The van der Waals surface area contributed by atoms with Crippen LogP contribution < -0.4 is 5.32 Å². The Morgan fingerprint density at radius 2 is 2.41 bits per heavy atom. The van der Waals surface area contributed by atoms with E-state index < -0.39 is 0 Å². The Morgan fingerprint density at radius 1 is 1.65 bits per heavy atom. The molecule has 0 aromatic carbocycles. The Bertz CT molecular complexity index is 385. The minimum atomic E-state index is -0.378. The monoisotopic (exact) mass is 257 g/mol. The van der Waals surface area contributed by atoms with E-state index in [4.69, 9.17) is 11.6 Å². The number of aliphatic hydroxyl groups excluding tert-OH is 1. The quantitative estimate of drug-likeness (QED) is 0.860. The number of rotatable bonds is 4. The summed E-state index contributed by atoms with van der Waals surface area (Å²) in [4.78, 5) is 0. The smallest absolute Gasteiger partial charge is 0.0848 e. The first-order valence-electron chi connectivity index (χ1n) is 6.26. The Labute approximate surface area is 107 Å². The molecular weight excluding hydrogens is 238 g/mol. The summed E-state index contributed by atoms with van der Waals surface area (Å²) >= 11 is 6.23. The van der Waals surface area contributed by atoms with Gasteiger partial charge in [-0.25, -0.2) is 0 Å². The maximum absolute atomic E-state index is 10.2. The summed E-state index contributed by atoms with van der Waals surface area (Å²) in [5.74, 6) is 0. The van der Waals surface area contributed by atoms with Crippen molar-refractivity contribution in [3.05, 3.63) is 16.4 Å². The van der Waals surface area contributed by atoms with E-state index in [1.54, 1.807) is 0 Å². The second kappa shape index (κ2) is 5.38. The lowest BCUT2D eigenvalue weighted by molar-refractivity contribution is 0.133. The van der Waals surface area contributed by atoms with Crippen LogP contribution in [0.15, 0.2) is 0 Å². The molecule has 4 nitrogen and oxygen atoms in total. The number of nitrogens with zero attached hydrogens (tertiary/aromatic N) is 2. The molecule has 1 aliphatic rings. The van der Waals surface area contributed by atoms with Gasteiger partial charge in [-0.1, -0.05) is 11.6 Å². The van der Waals surface area contributed by atoms with Gasteiger partial charge in [0.25, 0.3) is 0 Å². The molecule has 2 heterocycles. The highest BCUT2D eigenvalue weighted by Crippen LogP contribution is 2.23. The third-order valence-corrected chi connectivity index (χ3v) is 3.91. The first-order chi connectivity index (χ1) is 8.13. The molecule has 0 spiro atoms. The molecule has 0 amide bonds. The van der Waals surface area contributed by atoms with Gasteiger partial charge in [-0.2, -0.15) is 5.10 Å². The standard InChI is InChI=1S/C12H20ClN3O/c1-3-16-10(12(13)8(2)15-16)7-11(17)9-5-4-6-14-9/h9,11,14,17H,3-7H2,1-2H3. The van der Waals surface area contributed by atoms with Crippen LogP contribution in [0.5, 0.6) is 0 Å². The Balaban J connectivity index is 2.11. The van der Waals surface area contributed by atoms with Crippen molar-refractivity contribution in [3.63, 3.8) is 0 Å². The third-order valence-electron chi connectivity index (χ3n) is 3.42. The molecule has 17 heavy (non-hydrogen) atoms. The van der Waals surface area contributed by atoms with Crippen LogP contribution in [-0.4, -0.2) is 33.6 Å². The molecule has 1 aromatic rings. The fraction of sp³-hybridized carbons (Fsp3) is 0.750. The van der Waals surface area contributed by atoms with Crippen molar-refractivity contribution >= 4 is 11.6 Å². The number of hydrogen-bond donors (Lipinski definition) is 2. The predicted molar refractivity (Wildman–Crippen MR) is 68.4 cm³/mol. The van der Waals surface area contributed by atoms with Gasteiger partial charge >= 0.3 is 0 Å². The molecule has 2 N–H and O–H groups in total. The number of aromatic nitrogens is 2. The Morgan fingerprint density at radius 3 is 3.00 bits per heavy atom. The van der Waals surface area contributed by atoms with Crippen LogP contribution in [0.1, 0.15) is 31.2 Å². The fourth-order valence-corrected chi connectivity index (χ4v) is 2.66. The van der Waals surface area contributed by atoms with Crippen molar-refractivity contribution < 1.29 is 5.11 Å². The lowest BCUT2D eigenvalue weighted by Gasteiger charge is -2.18. The topological polar surface area (TPSA) is 50.1 Å². The zero-order valence-corrected chi connectivity index (χ0v) is 11.2. The first kappa shape index (κ1) is 12.9. The number of nitrogens with one attached hydrogen (secondary N) is 1. The van der Waals surface area contributed by atoms with Crippen molar-refractivity contribution in [1.29, 1.82) is 0 Å². The second-order valence-corrected chi connectivity index (χ2v) is 5.01. The molecule has 1 aliphatic heterocycles. The number of aryl methyl sites for hydroxylation is 2. The zero-order chi connectivity index (χ0) is 12.4. The number of halogens is 1. The average Bonchev–Trinajstić information content (AvgIpc) is 2.92. The van der Waals surface area contributed by atoms with E-state index in [0.717, 1.165) is 37.3 Å². The minimum Gasteiger partial charge on any atom is -0.391 e. The Hall–Kier alpha value is -0.580. The molecular formula is C12H20ClN3O. The first-order valence-corrected chi connectivity index (χ1v) is 6.64. The maximum atomic E-state index is 10.2. The summed E-state index contributed by atoms with van der Waals surface area (Å²) in [5.41, 5.74) is 1.79. The van der Waals surface area contributed by atoms with E-state index in [-0.39, 0.29) is 12.1 Å². The van der Waals surface area contributed by atoms with Crippen LogP contribution in [-0.2, 0) is 13.0 Å². The fourth-order valence-electron chi connectivity index (χ4n) is 2.44. The minimum absolute atomic E-state index is 0.201. The van der Waals surface area contributed by atoms with Crippen LogP contribution in [0.25, 0.3) is 0 Å². The van der Waals surface area contributed by atoms with E-state index in [2.05, 4.69) is 10.4 Å². The van der Waals surface area contributed by atoms with Crippen LogP contribution in [0.4, 0.5) is 0 Å². The van der Waals surface area contributed by atoms with Gasteiger partial charge in [0.15, 0.2) is 0 Å². The van der Waals surface area contributed by atoms with Gasteiger partial charge in [-0.3, -0.25) is 4.68 Å². The molecule has 1 saturated heterocycles. The highest BCUT2D eigenvalue weighted by atomic mass is 35.5.